The molecule has 1 aromatic rings. The highest BCUT2D eigenvalue weighted by atomic mass is 32.1. The second kappa shape index (κ2) is 4.21. The highest BCUT2D eigenvalue weighted by molar-refractivity contribution is 7.09. The molecule has 2 aliphatic carbocycles. The Morgan fingerprint density at radius 3 is 2.88 bits per heavy atom. The van der Waals surface area contributed by atoms with Crippen molar-refractivity contribution in [1.29, 1.82) is 0 Å². The Hall–Kier alpha value is -0.680. The number of nitrogens with zero attached hydrogens (tertiary/aromatic N) is 2. The first-order valence-corrected chi connectivity index (χ1v) is 7.20. The minimum atomic E-state index is 0.398. The molecule has 1 heterocycles. The molecule has 17 heavy (non-hydrogen) atoms. The van der Waals surface area contributed by atoms with Crippen LogP contribution in [0.4, 0.5) is 5.13 Å². The van der Waals surface area contributed by atoms with Gasteiger partial charge in [-0.05, 0) is 33.1 Å². The predicted octanol–water partition coefficient (Wildman–Crippen LogP) is 2.61. The van der Waals surface area contributed by atoms with E-state index in [0.717, 1.165) is 24.0 Å². The van der Waals surface area contributed by atoms with Gasteiger partial charge in [0.2, 0.25) is 5.13 Å². The van der Waals surface area contributed by atoms with Crippen LogP contribution in [0.1, 0.15) is 38.4 Å². The van der Waals surface area contributed by atoms with Crippen LogP contribution in [0.5, 0.6) is 0 Å². The summed E-state index contributed by atoms with van der Waals surface area (Å²) in [5, 5.41) is 4.51. The second-order valence-corrected chi connectivity index (χ2v) is 5.86. The largest absolute Gasteiger partial charge is 0.378 e. The molecule has 0 aliphatic heterocycles. The number of hydrogen-bond donors (Lipinski definition) is 1. The van der Waals surface area contributed by atoms with E-state index < -0.39 is 0 Å². The standard InChI is InChI=1S/C12H19N3OS/c1-3-16-10-7-9(12(10)5-4-6-12)14-11-13-8(2)15-17-11/h9-10H,3-7H2,1-2H3,(H,13,14,15)/t9-,10+/m1/s1. The maximum absolute atomic E-state index is 5.84. The summed E-state index contributed by atoms with van der Waals surface area (Å²) in [7, 11) is 0. The Kier molecular flexibility index (Phi) is 2.83. The highest BCUT2D eigenvalue weighted by Crippen LogP contribution is 2.58. The van der Waals surface area contributed by atoms with E-state index in [0.29, 0.717) is 17.6 Å². The molecule has 2 fully saturated rings. The smallest absolute Gasteiger partial charge is 0.202 e. The molecule has 0 bridgehead atoms. The molecule has 2 saturated carbocycles. The molecule has 94 valence electrons. The minimum absolute atomic E-state index is 0.398. The topological polar surface area (TPSA) is 47.0 Å². The van der Waals surface area contributed by atoms with Gasteiger partial charge in [-0.3, -0.25) is 0 Å². The Balaban J connectivity index is 1.65. The van der Waals surface area contributed by atoms with Gasteiger partial charge in [0.15, 0.2) is 0 Å². The SMILES string of the molecule is CCO[C@H]1C[C@@H](Nc2nc(C)ns2)C12CCC2. The lowest BCUT2D eigenvalue weighted by molar-refractivity contribution is -0.157. The predicted molar refractivity (Wildman–Crippen MR) is 68.4 cm³/mol. The summed E-state index contributed by atoms with van der Waals surface area (Å²) in [6, 6.07) is 0.542. The van der Waals surface area contributed by atoms with Crippen molar-refractivity contribution in [3.63, 3.8) is 0 Å². The summed E-state index contributed by atoms with van der Waals surface area (Å²) >= 11 is 1.46. The van der Waals surface area contributed by atoms with Gasteiger partial charge in [0.1, 0.15) is 5.82 Å². The molecule has 3 rings (SSSR count). The normalized spacial score (nSPS) is 29.8. The zero-order chi connectivity index (χ0) is 11.9. The molecule has 5 heteroatoms. The molecule has 0 unspecified atom stereocenters. The molecule has 2 aliphatic rings. The molecular formula is C12H19N3OS. The molecule has 0 saturated heterocycles. The van der Waals surface area contributed by atoms with Crippen LogP contribution in [-0.2, 0) is 4.74 Å². The maximum atomic E-state index is 5.84. The van der Waals surface area contributed by atoms with Crippen LogP contribution in [0.25, 0.3) is 0 Å². The monoisotopic (exact) mass is 253 g/mol. The van der Waals surface area contributed by atoms with Crippen LogP contribution in [0.15, 0.2) is 0 Å². The molecule has 0 amide bonds. The third-order valence-electron chi connectivity index (χ3n) is 4.26. The number of aryl methyl sites for hydroxylation is 1. The molecule has 0 aromatic carbocycles. The third kappa shape index (κ3) is 1.76. The first-order valence-electron chi connectivity index (χ1n) is 6.43. The fourth-order valence-electron chi connectivity index (χ4n) is 3.15. The van der Waals surface area contributed by atoms with E-state index >= 15 is 0 Å². The van der Waals surface area contributed by atoms with Crippen LogP contribution < -0.4 is 5.32 Å². The Bertz CT molecular complexity index is 402. The van der Waals surface area contributed by atoms with Gasteiger partial charge in [0.25, 0.3) is 0 Å². The van der Waals surface area contributed by atoms with Crippen LogP contribution in [-0.4, -0.2) is 28.1 Å². The molecular weight excluding hydrogens is 234 g/mol. The maximum Gasteiger partial charge on any atom is 0.202 e. The number of anilines is 1. The van der Waals surface area contributed by atoms with E-state index in [1.807, 2.05) is 6.92 Å². The van der Waals surface area contributed by atoms with Crippen molar-refractivity contribution in [2.45, 2.75) is 51.7 Å². The number of aromatic nitrogens is 2. The fourth-order valence-corrected chi connectivity index (χ4v) is 3.77. The van der Waals surface area contributed by atoms with Crippen LogP contribution in [0.2, 0.25) is 0 Å². The van der Waals surface area contributed by atoms with Gasteiger partial charge in [-0.15, -0.1) is 0 Å². The average Bonchev–Trinajstić information content (AvgIpc) is 2.60. The lowest BCUT2D eigenvalue weighted by atomic mass is 9.51. The average molecular weight is 253 g/mol. The van der Waals surface area contributed by atoms with E-state index in [1.54, 1.807) is 0 Å². The number of nitrogens with one attached hydrogen (secondary N) is 1. The van der Waals surface area contributed by atoms with Gasteiger partial charge in [-0.2, -0.15) is 4.37 Å². The first kappa shape index (κ1) is 11.4. The van der Waals surface area contributed by atoms with E-state index in [9.17, 15) is 0 Å². The number of ether oxygens (including phenoxy) is 1. The van der Waals surface area contributed by atoms with Crippen molar-refractivity contribution >= 4 is 16.7 Å². The van der Waals surface area contributed by atoms with E-state index in [4.69, 9.17) is 4.74 Å². The molecule has 1 N–H and O–H groups in total. The van der Waals surface area contributed by atoms with Gasteiger partial charge in [-0.25, -0.2) is 4.98 Å². The van der Waals surface area contributed by atoms with E-state index in [-0.39, 0.29) is 0 Å². The van der Waals surface area contributed by atoms with Crippen molar-refractivity contribution in [3.8, 4) is 0 Å². The van der Waals surface area contributed by atoms with E-state index in [2.05, 4.69) is 21.6 Å². The quantitative estimate of drug-likeness (QED) is 0.896. The van der Waals surface area contributed by atoms with Gasteiger partial charge >= 0.3 is 0 Å². The van der Waals surface area contributed by atoms with Crippen molar-refractivity contribution in [2.75, 3.05) is 11.9 Å². The van der Waals surface area contributed by atoms with Gasteiger partial charge in [-0.1, -0.05) is 6.42 Å². The zero-order valence-corrected chi connectivity index (χ0v) is 11.2. The van der Waals surface area contributed by atoms with E-state index in [1.165, 1.54) is 30.8 Å². The Labute approximate surface area is 106 Å². The summed E-state index contributed by atoms with van der Waals surface area (Å²) in [6.07, 6.45) is 5.52. The first-order chi connectivity index (χ1) is 8.24. The Morgan fingerprint density at radius 2 is 2.35 bits per heavy atom. The lowest BCUT2D eigenvalue weighted by Crippen LogP contribution is -2.64. The summed E-state index contributed by atoms with van der Waals surface area (Å²) in [5.74, 6) is 0.862. The summed E-state index contributed by atoms with van der Waals surface area (Å²) in [4.78, 5) is 4.38. The highest BCUT2D eigenvalue weighted by Gasteiger charge is 2.59. The van der Waals surface area contributed by atoms with Crippen LogP contribution >= 0.6 is 11.5 Å². The summed E-state index contributed by atoms with van der Waals surface area (Å²) < 4.78 is 10.0. The summed E-state index contributed by atoms with van der Waals surface area (Å²) in [5.41, 5.74) is 0.398. The summed E-state index contributed by atoms with van der Waals surface area (Å²) in [6.45, 7) is 4.85. The van der Waals surface area contributed by atoms with Crippen molar-refractivity contribution in [3.05, 3.63) is 5.82 Å². The zero-order valence-electron chi connectivity index (χ0n) is 10.4. The van der Waals surface area contributed by atoms with Gasteiger partial charge in [0.05, 0.1) is 6.10 Å². The number of hydrogen-bond acceptors (Lipinski definition) is 5. The third-order valence-corrected chi connectivity index (χ3v) is 5.00. The fraction of sp³-hybridized carbons (Fsp3) is 0.833. The Morgan fingerprint density at radius 1 is 1.53 bits per heavy atom. The lowest BCUT2D eigenvalue weighted by Gasteiger charge is -2.60. The van der Waals surface area contributed by atoms with Gasteiger partial charge in [0, 0.05) is 29.6 Å². The van der Waals surface area contributed by atoms with Crippen molar-refractivity contribution < 1.29 is 4.74 Å². The van der Waals surface area contributed by atoms with Crippen LogP contribution in [0, 0.1) is 12.3 Å². The molecule has 0 radical (unpaired) electrons. The molecule has 1 aromatic heterocycles. The van der Waals surface area contributed by atoms with Gasteiger partial charge < -0.3 is 10.1 Å². The molecule has 1 spiro atoms. The second-order valence-electron chi connectivity index (χ2n) is 5.11. The molecule has 2 atom stereocenters. The molecule has 4 nitrogen and oxygen atoms in total. The minimum Gasteiger partial charge on any atom is -0.378 e. The number of rotatable bonds is 4. The van der Waals surface area contributed by atoms with Crippen molar-refractivity contribution in [2.24, 2.45) is 5.41 Å². The van der Waals surface area contributed by atoms with Crippen molar-refractivity contribution in [1.82, 2.24) is 9.36 Å². The van der Waals surface area contributed by atoms with Crippen LogP contribution in [0.3, 0.4) is 0 Å².